The second-order valence-electron chi connectivity index (χ2n) is 4.75. The van der Waals surface area contributed by atoms with Crippen LogP contribution in [0.15, 0.2) is 18.2 Å². The van der Waals surface area contributed by atoms with Gasteiger partial charge >= 0.3 is 0 Å². The normalized spacial score (nSPS) is 23.6. The van der Waals surface area contributed by atoms with Crippen LogP contribution in [0.5, 0.6) is 0 Å². The van der Waals surface area contributed by atoms with E-state index in [1.165, 1.54) is 0 Å². The van der Waals surface area contributed by atoms with Crippen molar-refractivity contribution in [2.24, 2.45) is 0 Å². The first-order chi connectivity index (χ1) is 9.49. The highest BCUT2D eigenvalue weighted by Crippen LogP contribution is 2.29. The Bertz CT molecular complexity index is 478. The number of aliphatic hydroxyl groups excluding tert-OH is 2. The van der Waals surface area contributed by atoms with Gasteiger partial charge in [-0.1, -0.05) is 29.3 Å². The lowest BCUT2D eigenvalue weighted by atomic mass is 10.1. The van der Waals surface area contributed by atoms with Gasteiger partial charge in [0.1, 0.15) is 0 Å². The summed E-state index contributed by atoms with van der Waals surface area (Å²) in [4.78, 5) is 11.8. The van der Waals surface area contributed by atoms with Gasteiger partial charge in [-0.25, -0.2) is 0 Å². The van der Waals surface area contributed by atoms with Crippen molar-refractivity contribution in [2.75, 3.05) is 13.1 Å². The van der Waals surface area contributed by atoms with Crippen LogP contribution in [-0.2, 0) is 4.79 Å². The van der Waals surface area contributed by atoms with Crippen LogP contribution in [0.4, 0.5) is 0 Å². The predicted octanol–water partition coefficient (Wildman–Crippen LogP) is 0.866. The average molecular weight is 319 g/mol. The Morgan fingerprint density at radius 2 is 2.10 bits per heavy atom. The molecule has 1 aliphatic heterocycles. The summed E-state index contributed by atoms with van der Waals surface area (Å²) >= 11 is 12.0. The summed E-state index contributed by atoms with van der Waals surface area (Å²) in [5.74, 6) is -0.260. The molecule has 0 aliphatic carbocycles. The number of hydrogen-bond acceptors (Lipinski definition) is 4. The molecule has 0 unspecified atom stereocenters. The third-order valence-corrected chi connectivity index (χ3v) is 3.89. The molecule has 1 heterocycles. The van der Waals surface area contributed by atoms with Gasteiger partial charge in [0.2, 0.25) is 5.91 Å². The molecule has 4 N–H and O–H groups in total. The Hall–Kier alpha value is -0.850. The van der Waals surface area contributed by atoms with Crippen molar-refractivity contribution in [1.29, 1.82) is 0 Å². The molecule has 20 heavy (non-hydrogen) atoms. The van der Waals surface area contributed by atoms with Crippen molar-refractivity contribution in [3.05, 3.63) is 33.8 Å². The summed E-state index contributed by atoms with van der Waals surface area (Å²) in [5.41, 5.74) is 0.399. The minimum absolute atomic E-state index is 0.0105. The molecular weight excluding hydrogens is 303 g/mol. The van der Waals surface area contributed by atoms with Crippen molar-refractivity contribution in [1.82, 2.24) is 10.6 Å². The van der Waals surface area contributed by atoms with Crippen LogP contribution in [-0.4, -0.2) is 41.4 Å². The maximum atomic E-state index is 11.8. The van der Waals surface area contributed by atoms with E-state index in [0.29, 0.717) is 28.6 Å². The number of halogens is 2. The van der Waals surface area contributed by atoms with Crippen LogP contribution in [0, 0.1) is 0 Å². The summed E-state index contributed by atoms with van der Waals surface area (Å²) < 4.78 is 0. The third kappa shape index (κ3) is 3.62. The van der Waals surface area contributed by atoms with E-state index >= 15 is 0 Å². The molecule has 5 nitrogen and oxygen atoms in total. The lowest BCUT2D eigenvalue weighted by molar-refractivity contribution is -0.123. The van der Waals surface area contributed by atoms with E-state index in [9.17, 15) is 15.0 Å². The molecule has 0 radical (unpaired) electrons. The number of aliphatic hydroxyl groups is 2. The van der Waals surface area contributed by atoms with Gasteiger partial charge in [-0.2, -0.15) is 0 Å². The average Bonchev–Trinajstić information content (AvgIpc) is 2.82. The molecule has 0 bridgehead atoms. The Balaban J connectivity index is 1.92. The first-order valence-electron chi connectivity index (χ1n) is 6.30. The quantitative estimate of drug-likeness (QED) is 0.664. The van der Waals surface area contributed by atoms with Crippen molar-refractivity contribution >= 4 is 29.1 Å². The van der Waals surface area contributed by atoms with Gasteiger partial charge in [-0.05, 0) is 18.6 Å². The van der Waals surface area contributed by atoms with Crippen LogP contribution >= 0.6 is 23.2 Å². The molecule has 2 rings (SSSR count). The fraction of sp³-hybridized carbons (Fsp3) is 0.462. The minimum Gasteiger partial charge on any atom is -0.392 e. The number of β-amino-alcohol motifs (C(OH)–C–C–N with tert-alkyl or cyclic N) is 1. The third-order valence-electron chi connectivity index (χ3n) is 3.23. The SMILES string of the molecule is O=C(NC[C@H](O)c1c(Cl)cccc1Cl)[C@@H]1C[C@H](O)CN1. The van der Waals surface area contributed by atoms with Gasteiger partial charge < -0.3 is 20.8 Å². The Morgan fingerprint density at radius 3 is 2.65 bits per heavy atom. The minimum atomic E-state index is -0.980. The fourth-order valence-corrected chi connectivity index (χ4v) is 2.82. The summed E-state index contributed by atoms with van der Waals surface area (Å²) in [7, 11) is 0. The second kappa shape index (κ2) is 6.74. The zero-order valence-electron chi connectivity index (χ0n) is 10.6. The fourth-order valence-electron chi connectivity index (χ4n) is 2.17. The van der Waals surface area contributed by atoms with E-state index in [4.69, 9.17) is 23.2 Å². The van der Waals surface area contributed by atoms with Crippen molar-refractivity contribution in [3.63, 3.8) is 0 Å². The van der Waals surface area contributed by atoms with Gasteiger partial charge in [0.05, 0.1) is 18.2 Å². The first-order valence-corrected chi connectivity index (χ1v) is 7.05. The number of hydrogen-bond donors (Lipinski definition) is 4. The lowest BCUT2D eigenvalue weighted by Crippen LogP contribution is -2.41. The number of carbonyl (C=O) groups excluding carboxylic acids is 1. The zero-order valence-corrected chi connectivity index (χ0v) is 12.2. The molecule has 1 aromatic rings. The highest BCUT2D eigenvalue weighted by molar-refractivity contribution is 6.36. The van der Waals surface area contributed by atoms with Crippen molar-refractivity contribution in [3.8, 4) is 0 Å². The highest BCUT2D eigenvalue weighted by Gasteiger charge is 2.28. The van der Waals surface area contributed by atoms with E-state index in [-0.39, 0.29) is 12.5 Å². The molecule has 1 fully saturated rings. The molecule has 110 valence electrons. The molecule has 1 saturated heterocycles. The summed E-state index contributed by atoms with van der Waals surface area (Å²) in [5, 5.41) is 25.6. The van der Waals surface area contributed by atoms with Crippen LogP contribution in [0.3, 0.4) is 0 Å². The Labute approximate surface area is 126 Å². The molecule has 1 aliphatic rings. The van der Waals surface area contributed by atoms with Crippen LogP contribution in [0.25, 0.3) is 0 Å². The first kappa shape index (κ1) is 15.5. The maximum absolute atomic E-state index is 11.8. The monoisotopic (exact) mass is 318 g/mol. The lowest BCUT2D eigenvalue weighted by Gasteiger charge is -2.17. The number of benzene rings is 1. The van der Waals surface area contributed by atoms with E-state index < -0.39 is 18.2 Å². The number of rotatable bonds is 4. The largest absolute Gasteiger partial charge is 0.392 e. The van der Waals surface area contributed by atoms with Crippen molar-refractivity contribution < 1.29 is 15.0 Å². The summed E-state index contributed by atoms with van der Waals surface area (Å²) in [6, 6.07) is 4.51. The molecule has 1 aromatic carbocycles. The summed E-state index contributed by atoms with van der Waals surface area (Å²) in [6.45, 7) is 0.410. The molecule has 7 heteroatoms. The second-order valence-corrected chi connectivity index (χ2v) is 5.56. The Morgan fingerprint density at radius 1 is 1.45 bits per heavy atom. The predicted molar refractivity (Wildman–Crippen MR) is 76.8 cm³/mol. The smallest absolute Gasteiger partial charge is 0.237 e. The molecular formula is C13H16Cl2N2O3. The molecule has 1 amide bonds. The molecule has 0 spiro atoms. The zero-order chi connectivity index (χ0) is 14.7. The Kier molecular flexibility index (Phi) is 5.23. The number of amides is 1. The van der Waals surface area contributed by atoms with E-state index in [1.54, 1.807) is 18.2 Å². The van der Waals surface area contributed by atoms with Gasteiger partial charge in [-0.3, -0.25) is 4.79 Å². The van der Waals surface area contributed by atoms with Crippen molar-refractivity contribution in [2.45, 2.75) is 24.7 Å². The van der Waals surface area contributed by atoms with Gasteiger partial charge in [0.15, 0.2) is 0 Å². The topological polar surface area (TPSA) is 81.6 Å². The van der Waals surface area contributed by atoms with Gasteiger partial charge in [-0.15, -0.1) is 0 Å². The van der Waals surface area contributed by atoms with E-state index in [2.05, 4.69) is 10.6 Å². The summed E-state index contributed by atoms with van der Waals surface area (Å²) in [6.07, 6.45) is -1.12. The number of nitrogens with one attached hydrogen (secondary N) is 2. The molecule has 3 atom stereocenters. The highest BCUT2D eigenvalue weighted by atomic mass is 35.5. The standard InChI is InChI=1S/C13H16Cl2N2O3/c14-8-2-1-3-9(15)12(8)11(19)6-17-13(20)10-4-7(18)5-16-10/h1-3,7,10-11,16,18-19H,4-6H2,(H,17,20)/t7-,10-,11-/m0/s1. The van der Waals surface area contributed by atoms with Crippen LogP contribution in [0.1, 0.15) is 18.1 Å². The maximum Gasteiger partial charge on any atom is 0.237 e. The molecule has 0 aromatic heterocycles. The molecule has 0 saturated carbocycles. The van der Waals surface area contributed by atoms with Crippen LogP contribution in [0.2, 0.25) is 10.0 Å². The van der Waals surface area contributed by atoms with Gasteiger partial charge in [0, 0.05) is 28.7 Å². The van der Waals surface area contributed by atoms with Crippen LogP contribution < -0.4 is 10.6 Å². The van der Waals surface area contributed by atoms with E-state index in [1.807, 2.05) is 0 Å². The van der Waals surface area contributed by atoms with Gasteiger partial charge in [0.25, 0.3) is 0 Å². The van der Waals surface area contributed by atoms with E-state index in [0.717, 1.165) is 0 Å². The number of carbonyl (C=O) groups is 1.